The second kappa shape index (κ2) is 4.42. The van der Waals surface area contributed by atoms with Crippen LogP contribution in [0.25, 0.3) is 11.3 Å². The van der Waals surface area contributed by atoms with Crippen LogP contribution in [-0.4, -0.2) is 16.2 Å². The van der Waals surface area contributed by atoms with Crippen LogP contribution in [0.2, 0.25) is 0 Å². The number of nitrogens with zero attached hydrogens (tertiary/aromatic N) is 1. The molecule has 0 aliphatic rings. The Balaban J connectivity index is 2.43. The number of rotatable bonds is 2. The van der Waals surface area contributed by atoms with Crippen molar-refractivity contribution in [3.63, 3.8) is 0 Å². The minimum atomic E-state index is -4.42. The van der Waals surface area contributed by atoms with Crippen LogP contribution < -0.4 is 0 Å². The molecule has 19 heavy (non-hydrogen) atoms. The fourth-order valence-corrected chi connectivity index (χ4v) is 1.63. The van der Waals surface area contributed by atoms with Crippen molar-refractivity contribution in [2.24, 2.45) is 0 Å². The van der Waals surface area contributed by atoms with Crippen molar-refractivity contribution in [1.82, 2.24) is 5.16 Å². The van der Waals surface area contributed by atoms with Gasteiger partial charge in [-0.1, -0.05) is 11.2 Å². The summed E-state index contributed by atoms with van der Waals surface area (Å²) in [5, 5.41) is 12.2. The van der Waals surface area contributed by atoms with Crippen molar-refractivity contribution in [3.8, 4) is 11.3 Å². The SMILES string of the molecule is Cc1cc(C(F)(F)F)ccc1-c1cc(C(=O)O)on1. The van der Waals surface area contributed by atoms with E-state index in [9.17, 15) is 18.0 Å². The molecule has 1 N–H and O–H groups in total. The molecule has 1 aromatic heterocycles. The molecule has 1 heterocycles. The van der Waals surface area contributed by atoms with Gasteiger partial charge in [-0.15, -0.1) is 0 Å². The quantitative estimate of drug-likeness (QED) is 0.909. The fraction of sp³-hybridized carbons (Fsp3) is 0.167. The van der Waals surface area contributed by atoms with Gasteiger partial charge in [-0.25, -0.2) is 4.79 Å². The minimum absolute atomic E-state index is 0.184. The van der Waals surface area contributed by atoms with Crippen molar-refractivity contribution in [3.05, 3.63) is 41.2 Å². The summed E-state index contributed by atoms with van der Waals surface area (Å²) in [6.07, 6.45) is -4.42. The number of hydrogen-bond acceptors (Lipinski definition) is 3. The predicted molar refractivity (Wildman–Crippen MR) is 58.6 cm³/mol. The molecule has 2 rings (SSSR count). The summed E-state index contributed by atoms with van der Waals surface area (Å²) >= 11 is 0. The van der Waals surface area contributed by atoms with Crippen LogP contribution in [0.5, 0.6) is 0 Å². The van der Waals surface area contributed by atoms with E-state index in [2.05, 4.69) is 9.68 Å². The van der Waals surface area contributed by atoms with Crippen LogP contribution >= 0.6 is 0 Å². The molecule has 0 amide bonds. The third-order valence-corrected chi connectivity index (χ3v) is 2.55. The molecule has 0 unspecified atom stereocenters. The van der Waals surface area contributed by atoms with E-state index < -0.39 is 17.7 Å². The molecule has 7 heteroatoms. The summed E-state index contributed by atoms with van der Waals surface area (Å²) in [5.41, 5.74) is 0.142. The zero-order valence-electron chi connectivity index (χ0n) is 9.65. The Hall–Kier alpha value is -2.31. The maximum Gasteiger partial charge on any atom is 0.416 e. The van der Waals surface area contributed by atoms with E-state index in [0.29, 0.717) is 11.1 Å². The first-order valence-electron chi connectivity index (χ1n) is 5.17. The first kappa shape index (κ1) is 13.1. The molecule has 0 atom stereocenters. The predicted octanol–water partition coefficient (Wildman–Crippen LogP) is 3.37. The van der Waals surface area contributed by atoms with Crippen molar-refractivity contribution in [2.75, 3.05) is 0 Å². The first-order chi connectivity index (χ1) is 8.79. The first-order valence-corrected chi connectivity index (χ1v) is 5.17. The number of hydrogen-bond donors (Lipinski definition) is 1. The molecule has 0 aliphatic carbocycles. The van der Waals surface area contributed by atoms with E-state index in [1.807, 2.05) is 0 Å². The Morgan fingerprint density at radius 3 is 2.47 bits per heavy atom. The Kier molecular flexibility index (Phi) is 3.05. The number of carbonyl (C=O) groups is 1. The largest absolute Gasteiger partial charge is 0.475 e. The average Bonchev–Trinajstić information content (AvgIpc) is 2.76. The third-order valence-electron chi connectivity index (χ3n) is 2.55. The normalized spacial score (nSPS) is 11.6. The van der Waals surface area contributed by atoms with Gasteiger partial charge in [-0.05, 0) is 24.6 Å². The van der Waals surface area contributed by atoms with E-state index in [1.54, 1.807) is 0 Å². The van der Waals surface area contributed by atoms with Gasteiger partial charge in [0.2, 0.25) is 5.76 Å². The Morgan fingerprint density at radius 1 is 1.32 bits per heavy atom. The number of aromatic carboxylic acids is 1. The average molecular weight is 271 g/mol. The van der Waals surface area contributed by atoms with Gasteiger partial charge in [0, 0.05) is 11.6 Å². The molecule has 0 radical (unpaired) electrons. The van der Waals surface area contributed by atoms with Crippen LogP contribution in [0.15, 0.2) is 28.8 Å². The van der Waals surface area contributed by atoms with E-state index >= 15 is 0 Å². The number of aryl methyl sites for hydroxylation is 1. The standard InChI is InChI=1S/C12H8F3NO3/c1-6-4-7(12(13,14)15)2-3-8(6)9-5-10(11(17)18)19-16-9/h2-5H,1H3,(H,17,18). The molecule has 0 aliphatic heterocycles. The van der Waals surface area contributed by atoms with E-state index in [0.717, 1.165) is 18.2 Å². The van der Waals surface area contributed by atoms with E-state index in [4.69, 9.17) is 5.11 Å². The molecule has 100 valence electrons. The van der Waals surface area contributed by atoms with Crippen LogP contribution in [0, 0.1) is 6.92 Å². The van der Waals surface area contributed by atoms with Crippen molar-refractivity contribution in [1.29, 1.82) is 0 Å². The lowest BCUT2D eigenvalue weighted by Gasteiger charge is -2.09. The maximum absolute atomic E-state index is 12.5. The highest BCUT2D eigenvalue weighted by Gasteiger charge is 2.30. The molecule has 0 fully saturated rings. The van der Waals surface area contributed by atoms with Gasteiger partial charge in [0.15, 0.2) is 0 Å². The Bertz CT molecular complexity index is 631. The molecule has 0 bridgehead atoms. The minimum Gasteiger partial charge on any atom is -0.475 e. The van der Waals surface area contributed by atoms with Gasteiger partial charge in [-0.2, -0.15) is 13.2 Å². The lowest BCUT2D eigenvalue weighted by molar-refractivity contribution is -0.137. The molecule has 0 spiro atoms. The zero-order valence-corrected chi connectivity index (χ0v) is 9.65. The van der Waals surface area contributed by atoms with Gasteiger partial charge in [-0.3, -0.25) is 0 Å². The fourth-order valence-electron chi connectivity index (χ4n) is 1.63. The van der Waals surface area contributed by atoms with Gasteiger partial charge in [0.1, 0.15) is 5.69 Å². The molecule has 2 aromatic rings. The molecule has 0 saturated heterocycles. The monoisotopic (exact) mass is 271 g/mol. The molecular weight excluding hydrogens is 263 g/mol. The van der Waals surface area contributed by atoms with Gasteiger partial charge in [0.25, 0.3) is 0 Å². The lowest BCUT2D eigenvalue weighted by atomic mass is 10.0. The second-order valence-corrected chi connectivity index (χ2v) is 3.91. The van der Waals surface area contributed by atoms with Gasteiger partial charge in [0.05, 0.1) is 5.56 Å². The van der Waals surface area contributed by atoms with Gasteiger partial charge < -0.3 is 9.63 Å². The number of benzene rings is 1. The van der Waals surface area contributed by atoms with Crippen LogP contribution in [0.1, 0.15) is 21.7 Å². The van der Waals surface area contributed by atoms with Crippen molar-refractivity contribution >= 4 is 5.97 Å². The number of aromatic nitrogens is 1. The smallest absolute Gasteiger partial charge is 0.416 e. The summed E-state index contributed by atoms with van der Waals surface area (Å²) in [4.78, 5) is 10.6. The number of carboxylic acid groups (broad SMARTS) is 1. The number of carboxylic acids is 1. The van der Waals surface area contributed by atoms with E-state index in [-0.39, 0.29) is 11.5 Å². The molecule has 1 aromatic carbocycles. The summed E-state index contributed by atoms with van der Waals surface area (Å²) < 4.78 is 42.1. The summed E-state index contributed by atoms with van der Waals surface area (Å²) in [6.45, 7) is 1.49. The molecule has 4 nitrogen and oxygen atoms in total. The van der Waals surface area contributed by atoms with Crippen molar-refractivity contribution in [2.45, 2.75) is 13.1 Å². The van der Waals surface area contributed by atoms with Crippen LogP contribution in [0.4, 0.5) is 13.2 Å². The highest BCUT2D eigenvalue weighted by atomic mass is 19.4. The summed E-state index contributed by atoms with van der Waals surface area (Å²) in [5.74, 6) is -1.65. The van der Waals surface area contributed by atoms with Gasteiger partial charge >= 0.3 is 12.1 Å². The lowest BCUT2D eigenvalue weighted by Crippen LogP contribution is -2.05. The third kappa shape index (κ3) is 2.59. The Labute approximate surface area is 105 Å². The summed E-state index contributed by atoms with van der Waals surface area (Å²) in [7, 11) is 0. The maximum atomic E-state index is 12.5. The molecular formula is C12H8F3NO3. The van der Waals surface area contributed by atoms with Crippen molar-refractivity contribution < 1.29 is 27.6 Å². The topological polar surface area (TPSA) is 63.3 Å². The highest BCUT2D eigenvalue weighted by molar-refractivity contribution is 5.85. The number of alkyl halides is 3. The Morgan fingerprint density at radius 2 is 2.00 bits per heavy atom. The van der Waals surface area contributed by atoms with Crippen LogP contribution in [-0.2, 0) is 6.18 Å². The number of halogens is 3. The van der Waals surface area contributed by atoms with Crippen LogP contribution in [0.3, 0.4) is 0 Å². The second-order valence-electron chi connectivity index (χ2n) is 3.91. The zero-order chi connectivity index (χ0) is 14.2. The summed E-state index contributed by atoms with van der Waals surface area (Å²) in [6, 6.07) is 4.29. The van der Waals surface area contributed by atoms with E-state index in [1.165, 1.54) is 13.0 Å². The molecule has 0 saturated carbocycles. The highest BCUT2D eigenvalue weighted by Crippen LogP contribution is 2.32.